The zero-order valence-corrected chi connectivity index (χ0v) is 14.4. The minimum Gasteiger partial charge on any atom is -0.223 e. The second kappa shape index (κ2) is 7.09. The molecule has 1 aromatic rings. The van der Waals surface area contributed by atoms with E-state index in [1.165, 1.54) is 0 Å². The lowest BCUT2D eigenvalue weighted by Gasteiger charge is -2.16. The van der Waals surface area contributed by atoms with Gasteiger partial charge in [0.25, 0.3) is 0 Å². The SMILES string of the molecule is CC.Cc1cc(C(C)C)cc(S(=O)(=O)C(C)C)c1C. The molecule has 19 heavy (non-hydrogen) atoms. The third-order valence-electron chi connectivity index (χ3n) is 3.24. The zero-order chi connectivity index (χ0) is 15.4. The second-order valence-corrected chi connectivity index (χ2v) is 7.68. The van der Waals surface area contributed by atoms with Gasteiger partial charge in [-0.25, -0.2) is 8.42 Å². The van der Waals surface area contributed by atoms with Crippen molar-refractivity contribution in [3.05, 3.63) is 28.8 Å². The molecule has 0 N–H and O–H groups in total. The molecule has 0 spiro atoms. The quantitative estimate of drug-likeness (QED) is 0.810. The number of sulfone groups is 1. The minimum atomic E-state index is -3.19. The predicted molar refractivity (Wildman–Crippen MR) is 83.7 cm³/mol. The summed E-state index contributed by atoms with van der Waals surface area (Å²) in [5, 5.41) is -0.372. The molecule has 0 fully saturated rings. The topological polar surface area (TPSA) is 34.1 Å². The molecule has 1 rings (SSSR count). The third-order valence-corrected chi connectivity index (χ3v) is 5.51. The van der Waals surface area contributed by atoms with E-state index in [4.69, 9.17) is 0 Å². The molecule has 0 bridgehead atoms. The van der Waals surface area contributed by atoms with E-state index in [0.717, 1.165) is 16.7 Å². The predicted octanol–water partition coefficient (Wildman–Crippen LogP) is 4.64. The lowest BCUT2D eigenvalue weighted by atomic mass is 9.98. The fourth-order valence-electron chi connectivity index (χ4n) is 1.74. The van der Waals surface area contributed by atoms with E-state index in [-0.39, 0.29) is 5.25 Å². The summed E-state index contributed by atoms with van der Waals surface area (Å²) in [7, 11) is -3.19. The molecule has 0 aliphatic rings. The molecule has 0 unspecified atom stereocenters. The van der Waals surface area contributed by atoms with Crippen LogP contribution < -0.4 is 0 Å². The highest BCUT2D eigenvalue weighted by molar-refractivity contribution is 7.92. The van der Waals surface area contributed by atoms with E-state index in [0.29, 0.717) is 10.8 Å². The van der Waals surface area contributed by atoms with Crippen LogP contribution in [0.15, 0.2) is 17.0 Å². The van der Waals surface area contributed by atoms with Gasteiger partial charge in [-0.15, -0.1) is 0 Å². The molecule has 2 nitrogen and oxygen atoms in total. The first-order valence-corrected chi connectivity index (χ1v) is 8.57. The number of rotatable bonds is 3. The van der Waals surface area contributed by atoms with E-state index in [1.54, 1.807) is 13.8 Å². The summed E-state index contributed by atoms with van der Waals surface area (Å²) < 4.78 is 24.6. The van der Waals surface area contributed by atoms with E-state index in [2.05, 4.69) is 19.9 Å². The summed E-state index contributed by atoms with van der Waals surface area (Å²) in [5.74, 6) is 0.343. The van der Waals surface area contributed by atoms with Crippen LogP contribution in [-0.2, 0) is 9.84 Å². The molecule has 0 aromatic heterocycles. The van der Waals surface area contributed by atoms with Gasteiger partial charge in [0.2, 0.25) is 0 Å². The first-order valence-electron chi connectivity index (χ1n) is 7.03. The van der Waals surface area contributed by atoms with E-state index in [1.807, 2.05) is 33.8 Å². The monoisotopic (exact) mass is 284 g/mol. The highest BCUT2D eigenvalue weighted by Crippen LogP contribution is 2.27. The fourth-order valence-corrected chi connectivity index (χ4v) is 3.13. The van der Waals surface area contributed by atoms with E-state index < -0.39 is 9.84 Å². The summed E-state index contributed by atoms with van der Waals surface area (Å²) >= 11 is 0. The number of hydrogen-bond donors (Lipinski definition) is 0. The number of hydrogen-bond acceptors (Lipinski definition) is 2. The van der Waals surface area contributed by atoms with Gasteiger partial charge in [-0.05, 0) is 56.4 Å². The normalized spacial score (nSPS) is 11.5. The summed E-state index contributed by atoms with van der Waals surface area (Å²) in [5.41, 5.74) is 3.02. The molecule has 0 saturated carbocycles. The Morgan fingerprint density at radius 2 is 1.42 bits per heavy atom. The van der Waals surface area contributed by atoms with Crippen LogP contribution in [0.5, 0.6) is 0 Å². The summed E-state index contributed by atoms with van der Waals surface area (Å²) in [6.07, 6.45) is 0. The van der Waals surface area contributed by atoms with Crippen LogP contribution in [0.2, 0.25) is 0 Å². The van der Waals surface area contributed by atoms with Gasteiger partial charge in [0, 0.05) is 0 Å². The lowest BCUT2D eigenvalue weighted by Crippen LogP contribution is -2.16. The van der Waals surface area contributed by atoms with Crippen LogP contribution in [0.25, 0.3) is 0 Å². The maximum atomic E-state index is 12.3. The van der Waals surface area contributed by atoms with Crippen LogP contribution in [0, 0.1) is 13.8 Å². The Kier molecular flexibility index (Phi) is 6.78. The Hall–Kier alpha value is -0.830. The van der Waals surface area contributed by atoms with Crippen molar-refractivity contribution in [2.75, 3.05) is 0 Å². The fraction of sp³-hybridized carbons (Fsp3) is 0.625. The van der Waals surface area contributed by atoms with Gasteiger partial charge in [0.15, 0.2) is 9.84 Å². The van der Waals surface area contributed by atoms with Crippen molar-refractivity contribution in [2.45, 2.75) is 71.5 Å². The molecule has 0 aliphatic heterocycles. The van der Waals surface area contributed by atoms with Crippen LogP contribution in [-0.4, -0.2) is 13.7 Å². The molecular weight excluding hydrogens is 256 g/mol. The Labute approximate surface area is 119 Å². The summed E-state index contributed by atoms with van der Waals surface area (Å²) in [4.78, 5) is 0.496. The van der Waals surface area contributed by atoms with Crippen molar-refractivity contribution >= 4 is 9.84 Å². The average molecular weight is 284 g/mol. The molecular formula is C16H28O2S. The molecule has 0 heterocycles. The maximum Gasteiger partial charge on any atom is 0.180 e. The molecule has 0 atom stereocenters. The van der Waals surface area contributed by atoms with Gasteiger partial charge >= 0.3 is 0 Å². The van der Waals surface area contributed by atoms with Gasteiger partial charge in [-0.3, -0.25) is 0 Å². The average Bonchev–Trinajstić information content (AvgIpc) is 2.34. The minimum absolute atomic E-state index is 0.343. The third kappa shape index (κ3) is 4.07. The lowest BCUT2D eigenvalue weighted by molar-refractivity contribution is 0.586. The van der Waals surface area contributed by atoms with Crippen LogP contribution in [0.3, 0.4) is 0 Å². The molecule has 3 heteroatoms. The molecule has 0 radical (unpaired) electrons. The van der Waals surface area contributed by atoms with E-state index >= 15 is 0 Å². The highest BCUT2D eigenvalue weighted by atomic mass is 32.2. The summed E-state index contributed by atoms with van der Waals surface area (Å²) in [6, 6.07) is 3.92. The number of benzene rings is 1. The molecule has 110 valence electrons. The Bertz CT molecular complexity index is 512. The van der Waals surface area contributed by atoms with E-state index in [9.17, 15) is 8.42 Å². The standard InChI is InChI=1S/C14H22O2S.C2H6/c1-9(2)13-7-11(5)12(6)14(8-13)17(15,16)10(3)4;1-2/h7-10H,1-6H3;1-2H3. The van der Waals surface area contributed by atoms with Gasteiger partial charge in [0.05, 0.1) is 10.1 Å². The highest BCUT2D eigenvalue weighted by Gasteiger charge is 2.23. The first-order chi connectivity index (χ1) is 8.67. The van der Waals surface area contributed by atoms with Crippen LogP contribution >= 0.6 is 0 Å². The second-order valence-electron chi connectivity index (χ2n) is 5.21. The van der Waals surface area contributed by atoms with Gasteiger partial charge in [-0.1, -0.05) is 33.8 Å². The first kappa shape index (κ1) is 18.2. The Morgan fingerprint density at radius 3 is 1.79 bits per heavy atom. The largest absolute Gasteiger partial charge is 0.223 e. The maximum absolute atomic E-state index is 12.3. The molecule has 0 saturated heterocycles. The Morgan fingerprint density at radius 1 is 0.947 bits per heavy atom. The number of aryl methyl sites for hydroxylation is 1. The van der Waals surface area contributed by atoms with Gasteiger partial charge < -0.3 is 0 Å². The molecule has 0 aliphatic carbocycles. The molecule has 0 amide bonds. The van der Waals surface area contributed by atoms with Crippen molar-refractivity contribution < 1.29 is 8.42 Å². The van der Waals surface area contributed by atoms with Crippen LogP contribution in [0.4, 0.5) is 0 Å². The zero-order valence-electron chi connectivity index (χ0n) is 13.5. The van der Waals surface area contributed by atoms with Crippen molar-refractivity contribution in [1.29, 1.82) is 0 Å². The van der Waals surface area contributed by atoms with Crippen molar-refractivity contribution in [3.8, 4) is 0 Å². The van der Waals surface area contributed by atoms with Crippen molar-refractivity contribution in [1.82, 2.24) is 0 Å². The van der Waals surface area contributed by atoms with Crippen molar-refractivity contribution in [2.24, 2.45) is 0 Å². The Balaban J connectivity index is 0.00000154. The van der Waals surface area contributed by atoms with Gasteiger partial charge in [-0.2, -0.15) is 0 Å². The van der Waals surface area contributed by atoms with Crippen molar-refractivity contribution in [3.63, 3.8) is 0 Å². The van der Waals surface area contributed by atoms with Crippen LogP contribution in [0.1, 0.15) is 64.2 Å². The molecule has 1 aromatic carbocycles. The van der Waals surface area contributed by atoms with Gasteiger partial charge in [0.1, 0.15) is 0 Å². The summed E-state index contributed by atoms with van der Waals surface area (Å²) in [6.45, 7) is 15.5. The smallest absolute Gasteiger partial charge is 0.180 e.